The second-order valence-corrected chi connectivity index (χ2v) is 10.4. The van der Waals surface area contributed by atoms with Crippen molar-refractivity contribution in [2.75, 3.05) is 18.4 Å². The van der Waals surface area contributed by atoms with Gasteiger partial charge in [0.25, 0.3) is 0 Å². The molecule has 0 aliphatic carbocycles. The number of amides is 2. The van der Waals surface area contributed by atoms with Crippen molar-refractivity contribution in [3.05, 3.63) is 96.1 Å². The van der Waals surface area contributed by atoms with Gasteiger partial charge < -0.3 is 0 Å². The Morgan fingerprint density at radius 3 is 2.30 bits per heavy atom. The van der Waals surface area contributed by atoms with Gasteiger partial charge in [-0.05, 0) is 0 Å². The first-order chi connectivity index (χ1) is 15.9. The molecular weight excluding hydrogens is 493 g/mol. The first kappa shape index (κ1) is 22.8. The van der Waals surface area contributed by atoms with Crippen LogP contribution in [0.15, 0.2) is 78.9 Å². The van der Waals surface area contributed by atoms with Gasteiger partial charge in [0.1, 0.15) is 0 Å². The summed E-state index contributed by atoms with van der Waals surface area (Å²) in [5.74, 6) is -3.69. The van der Waals surface area contributed by atoms with E-state index in [9.17, 15) is 23.2 Å². The van der Waals surface area contributed by atoms with E-state index in [0.717, 1.165) is 10.5 Å². The number of carbonyl (C=O) groups is 3. The summed E-state index contributed by atoms with van der Waals surface area (Å²) in [7, 11) is 0. The number of nitrogens with one attached hydrogen (secondary N) is 1. The van der Waals surface area contributed by atoms with Gasteiger partial charge in [0.05, 0.1) is 0 Å². The van der Waals surface area contributed by atoms with E-state index in [4.69, 9.17) is 0 Å². The van der Waals surface area contributed by atoms with Crippen molar-refractivity contribution in [1.82, 2.24) is 4.90 Å². The monoisotopic (exact) mass is 514 g/mol. The summed E-state index contributed by atoms with van der Waals surface area (Å²) in [5, 5.41) is 2.42. The van der Waals surface area contributed by atoms with Gasteiger partial charge >= 0.3 is 196 Å². The first-order valence-corrected chi connectivity index (χ1v) is 12.0. The van der Waals surface area contributed by atoms with E-state index in [1.165, 1.54) is 17.0 Å². The van der Waals surface area contributed by atoms with Crippen molar-refractivity contribution in [2.45, 2.75) is 10.7 Å². The van der Waals surface area contributed by atoms with Gasteiger partial charge in [-0.15, -0.1) is 0 Å². The Kier molecular flexibility index (Phi) is 6.67. The van der Waals surface area contributed by atoms with Gasteiger partial charge in [0.15, 0.2) is 0 Å². The number of Topliss-reactive ketones (excluding diaryl/α,β-unsaturated/α-hetero) is 1. The fourth-order valence-electron chi connectivity index (χ4n) is 3.66. The van der Waals surface area contributed by atoms with Crippen LogP contribution in [0.2, 0.25) is 4.31 Å². The van der Waals surface area contributed by atoms with E-state index in [0.29, 0.717) is 5.56 Å². The Labute approximate surface area is 196 Å². The fourth-order valence-corrected chi connectivity index (χ4v) is 6.28. The Morgan fingerprint density at radius 1 is 0.939 bits per heavy atom. The summed E-state index contributed by atoms with van der Waals surface area (Å²) in [4.78, 5) is 41.0. The number of rotatable bonds is 7. The fraction of sp³-hybridized carbons (Fsp3) is 0.160. The molecule has 3 aromatic rings. The van der Waals surface area contributed by atoms with Gasteiger partial charge in [-0.3, -0.25) is 0 Å². The zero-order chi connectivity index (χ0) is 23.4. The normalized spacial score (nSPS) is 17.8. The van der Waals surface area contributed by atoms with E-state index in [2.05, 4.69) is 5.32 Å². The molecular formula is C25H20F2N2O3Se. The molecule has 168 valence electrons. The number of hydrogen-bond donors (Lipinski definition) is 1. The molecule has 1 saturated heterocycles. The molecule has 1 aliphatic heterocycles. The second kappa shape index (κ2) is 9.65. The standard InChI is InChI=1S/C25H20F2N2O3Se/c26-19-12-7-13-20(22(19)27)28-23(31)25(33-18-10-5-2-6-11-18)14-15-29(24(25)32)16-21(30)17-8-3-1-4-9-17/h1-13H,14-16H2,(H,28,31). The third kappa shape index (κ3) is 4.72. The molecule has 0 spiro atoms. The van der Waals surface area contributed by atoms with Gasteiger partial charge in [0, 0.05) is 0 Å². The van der Waals surface area contributed by atoms with Crippen LogP contribution in [0, 0.1) is 11.6 Å². The number of nitrogens with zero attached hydrogens (tertiary/aromatic N) is 1. The molecule has 33 heavy (non-hydrogen) atoms. The Balaban J connectivity index is 1.62. The third-order valence-electron chi connectivity index (χ3n) is 5.40. The molecule has 1 heterocycles. The number of ketones is 1. The number of likely N-dealkylation sites (tertiary alicyclic amines) is 1. The summed E-state index contributed by atoms with van der Waals surface area (Å²) < 4.78 is 27.2. The minimum atomic E-state index is -1.48. The van der Waals surface area contributed by atoms with Crippen LogP contribution in [-0.4, -0.2) is 50.5 Å². The molecule has 2 amide bonds. The summed E-state index contributed by atoms with van der Waals surface area (Å²) in [5.41, 5.74) is 0.150. The van der Waals surface area contributed by atoms with E-state index in [-0.39, 0.29) is 31.0 Å². The van der Waals surface area contributed by atoms with Crippen molar-refractivity contribution in [3.63, 3.8) is 0 Å². The molecule has 1 fully saturated rings. The maximum absolute atomic E-state index is 14.2. The predicted octanol–water partition coefficient (Wildman–Crippen LogP) is 3.21. The van der Waals surface area contributed by atoms with E-state index in [1.807, 2.05) is 30.3 Å². The Hall–Kier alpha value is -3.35. The van der Waals surface area contributed by atoms with E-state index in [1.54, 1.807) is 30.3 Å². The molecule has 1 aliphatic rings. The SMILES string of the molecule is O=C(CN1CCC([Se]c2ccccc2)(C(=O)Nc2cccc(F)c2F)C1=O)c1ccccc1. The zero-order valence-corrected chi connectivity index (χ0v) is 19.2. The van der Waals surface area contributed by atoms with Gasteiger partial charge in [0.2, 0.25) is 0 Å². The van der Waals surface area contributed by atoms with Gasteiger partial charge in [-0.2, -0.15) is 0 Å². The molecule has 8 heteroatoms. The number of hydrogen-bond acceptors (Lipinski definition) is 3. The molecule has 0 bridgehead atoms. The summed E-state index contributed by atoms with van der Waals surface area (Å²) in [6.07, 6.45) is 0.172. The number of anilines is 1. The van der Waals surface area contributed by atoms with Gasteiger partial charge in [-0.1, -0.05) is 0 Å². The predicted molar refractivity (Wildman–Crippen MR) is 121 cm³/mol. The molecule has 5 nitrogen and oxygen atoms in total. The number of benzene rings is 3. The maximum atomic E-state index is 14.2. The Morgan fingerprint density at radius 2 is 1.61 bits per heavy atom. The minimum absolute atomic E-state index is 0.156. The molecule has 1 N–H and O–H groups in total. The van der Waals surface area contributed by atoms with E-state index >= 15 is 0 Å². The van der Waals surface area contributed by atoms with Crippen LogP contribution in [-0.2, 0) is 9.59 Å². The van der Waals surface area contributed by atoms with Crippen LogP contribution >= 0.6 is 0 Å². The molecule has 3 aromatic carbocycles. The molecule has 1 atom stereocenters. The van der Waals surface area contributed by atoms with Crippen LogP contribution in [0.3, 0.4) is 0 Å². The van der Waals surface area contributed by atoms with Gasteiger partial charge in [-0.25, -0.2) is 0 Å². The summed E-state index contributed by atoms with van der Waals surface area (Å²) in [6, 6.07) is 21.2. The first-order valence-electron chi connectivity index (χ1n) is 10.3. The van der Waals surface area contributed by atoms with Crippen LogP contribution in [0.5, 0.6) is 0 Å². The van der Waals surface area contributed by atoms with Crippen LogP contribution in [0.1, 0.15) is 16.8 Å². The number of carbonyl (C=O) groups excluding carboxylic acids is 3. The third-order valence-corrected chi connectivity index (χ3v) is 8.38. The number of halogens is 2. The average Bonchev–Trinajstić information content (AvgIpc) is 3.14. The zero-order valence-electron chi connectivity index (χ0n) is 17.5. The average molecular weight is 513 g/mol. The molecule has 0 aromatic heterocycles. The van der Waals surface area contributed by atoms with Crippen molar-refractivity contribution in [1.29, 1.82) is 0 Å². The van der Waals surface area contributed by atoms with Crippen molar-refractivity contribution in [3.8, 4) is 0 Å². The van der Waals surface area contributed by atoms with Crippen LogP contribution in [0.4, 0.5) is 14.5 Å². The van der Waals surface area contributed by atoms with Crippen LogP contribution < -0.4 is 9.78 Å². The molecule has 0 radical (unpaired) electrons. The molecule has 4 rings (SSSR count). The van der Waals surface area contributed by atoms with E-state index < -0.39 is 42.7 Å². The summed E-state index contributed by atoms with van der Waals surface area (Å²) in [6.45, 7) is 0.0577. The van der Waals surface area contributed by atoms with Crippen LogP contribution in [0.25, 0.3) is 0 Å². The molecule has 1 unspecified atom stereocenters. The van der Waals surface area contributed by atoms with Crippen molar-refractivity contribution in [2.24, 2.45) is 0 Å². The molecule has 0 saturated carbocycles. The Bertz CT molecular complexity index is 1190. The van der Waals surface area contributed by atoms with Crippen molar-refractivity contribution >= 4 is 42.7 Å². The topological polar surface area (TPSA) is 66.5 Å². The summed E-state index contributed by atoms with van der Waals surface area (Å²) >= 11 is -0.649. The quantitative estimate of drug-likeness (QED) is 0.300. The second-order valence-electron chi connectivity index (χ2n) is 7.56. The van der Waals surface area contributed by atoms with Crippen molar-refractivity contribution < 1.29 is 23.2 Å².